The van der Waals surface area contributed by atoms with Gasteiger partial charge in [0.2, 0.25) is 11.8 Å². The molecule has 4 rings (SSSR count). The summed E-state index contributed by atoms with van der Waals surface area (Å²) >= 11 is 0. The monoisotopic (exact) mass is 448 g/mol. The number of nitrogens with one attached hydrogen (secondary N) is 1. The number of benzene rings is 1. The van der Waals surface area contributed by atoms with Crippen molar-refractivity contribution in [3.63, 3.8) is 0 Å². The zero-order valence-electron chi connectivity index (χ0n) is 19.4. The summed E-state index contributed by atoms with van der Waals surface area (Å²) in [7, 11) is 0. The van der Waals surface area contributed by atoms with Gasteiger partial charge in [-0.25, -0.2) is 4.98 Å². The van der Waals surface area contributed by atoms with Gasteiger partial charge in [0.15, 0.2) is 0 Å². The highest BCUT2D eigenvalue weighted by atomic mass is 16.5. The quantitative estimate of drug-likeness (QED) is 0.603. The molecule has 1 saturated heterocycles. The standard InChI is InChI=1S/C26H32N4O3/c1-26(2,28-24(31)11-9-20-6-4-3-5-7-20)25(32)30-14-15-33-19-22(18-30)16-21-8-10-23-27-12-13-29(23)17-21/h3-8,10,12-13,17,22H,9,11,14-16,18-19H2,1-2H3,(H,28,31). The summed E-state index contributed by atoms with van der Waals surface area (Å²) in [5.74, 6) is -0.00779. The third kappa shape index (κ3) is 5.99. The summed E-state index contributed by atoms with van der Waals surface area (Å²) in [6.07, 6.45) is 7.60. The van der Waals surface area contributed by atoms with Crippen LogP contribution in [-0.2, 0) is 27.2 Å². The average molecular weight is 449 g/mol. The van der Waals surface area contributed by atoms with Gasteiger partial charge in [0.1, 0.15) is 11.2 Å². The van der Waals surface area contributed by atoms with E-state index in [1.807, 2.05) is 51.9 Å². The van der Waals surface area contributed by atoms with Gasteiger partial charge < -0.3 is 19.4 Å². The van der Waals surface area contributed by atoms with Gasteiger partial charge in [0.25, 0.3) is 0 Å². The Hall–Kier alpha value is -3.19. The predicted molar refractivity (Wildman–Crippen MR) is 127 cm³/mol. The van der Waals surface area contributed by atoms with Crippen LogP contribution in [0.1, 0.15) is 31.4 Å². The van der Waals surface area contributed by atoms with Gasteiger partial charge in [0, 0.05) is 44.0 Å². The lowest BCUT2D eigenvalue weighted by molar-refractivity contribution is -0.140. The Bertz CT molecular complexity index is 1090. The summed E-state index contributed by atoms with van der Waals surface area (Å²) in [5, 5.41) is 2.94. The highest BCUT2D eigenvalue weighted by Gasteiger charge is 2.35. The highest BCUT2D eigenvalue weighted by Crippen LogP contribution is 2.18. The van der Waals surface area contributed by atoms with Gasteiger partial charge in [-0.15, -0.1) is 0 Å². The van der Waals surface area contributed by atoms with E-state index in [0.717, 1.165) is 17.6 Å². The Kier molecular flexibility index (Phi) is 7.08. The van der Waals surface area contributed by atoms with Crippen LogP contribution in [0.5, 0.6) is 0 Å². The number of fused-ring (bicyclic) bond motifs is 1. The molecule has 1 N–H and O–H groups in total. The maximum absolute atomic E-state index is 13.4. The van der Waals surface area contributed by atoms with Gasteiger partial charge in [-0.3, -0.25) is 9.59 Å². The fourth-order valence-electron chi connectivity index (χ4n) is 4.37. The largest absolute Gasteiger partial charge is 0.379 e. The van der Waals surface area contributed by atoms with Gasteiger partial charge in [0.05, 0.1) is 13.2 Å². The number of ether oxygens (including phenoxy) is 1. The van der Waals surface area contributed by atoms with E-state index in [0.29, 0.717) is 39.1 Å². The number of aryl methyl sites for hydroxylation is 1. The van der Waals surface area contributed by atoms with Crippen molar-refractivity contribution in [1.82, 2.24) is 19.6 Å². The molecule has 1 aliphatic rings. The second-order valence-corrected chi connectivity index (χ2v) is 9.29. The van der Waals surface area contributed by atoms with Crippen molar-refractivity contribution in [1.29, 1.82) is 0 Å². The fourth-order valence-corrected chi connectivity index (χ4v) is 4.37. The molecule has 1 aromatic carbocycles. The second-order valence-electron chi connectivity index (χ2n) is 9.29. The number of carbonyl (C=O) groups is 2. The summed E-state index contributed by atoms with van der Waals surface area (Å²) in [5.41, 5.74) is 2.23. The van der Waals surface area contributed by atoms with E-state index < -0.39 is 5.54 Å². The number of imidazole rings is 1. The number of hydrogen-bond donors (Lipinski definition) is 1. The van der Waals surface area contributed by atoms with Crippen molar-refractivity contribution in [3.8, 4) is 0 Å². The Morgan fingerprint density at radius 1 is 1.15 bits per heavy atom. The van der Waals surface area contributed by atoms with E-state index in [-0.39, 0.29) is 17.7 Å². The number of amides is 2. The zero-order chi connectivity index (χ0) is 23.3. The topological polar surface area (TPSA) is 75.9 Å². The van der Waals surface area contributed by atoms with Crippen LogP contribution < -0.4 is 5.32 Å². The summed E-state index contributed by atoms with van der Waals surface area (Å²) < 4.78 is 7.82. The molecule has 0 radical (unpaired) electrons. The van der Waals surface area contributed by atoms with Crippen molar-refractivity contribution in [2.24, 2.45) is 5.92 Å². The smallest absolute Gasteiger partial charge is 0.247 e. The Balaban J connectivity index is 1.35. The molecule has 0 saturated carbocycles. The van der Waals surface area contributed by atoms with Gasteiger partial charge in [-0.2, -0.15) is 0 Å². The molecule has 0 spiro atoms. The molecule has 1 unspecified atom stereocenters. The van der Waals surface area contributed by atoms with Crippen LogP contribution in [-0.4, -0.2) is 57.9 Å². The molecule has 2 amide bonds. The van der Waals surface area contributed by atoms with E-state index in [1.54, 1.807) is 20.0 Å². The average Bonchev–Trinajstić information content (AvgIpc) is 3.15. The highest BCUT2D eigenvalue weighted by molar-refractivity contribution is 5.90. The molecular formula is C26H32N4O3. The maximum atomic E-state index is 13.4. The number of aromatic nitrogens is 2. The maximum Gasteiger partial charge on any atom is 0.247 e. The van der Waals surface area contributed by atoms with Crippen molar-refractivity contribution in [3.05, 3.63) is 72.2 Å². The predicted octanol–water partition coefficient (Wildman–Crippen LogP) is 2.88. The first-order valence-corrected chi connectivity index (χ1v) is 11.5. The molecule has 3 aromatic rings. The molecule has 33 heavy (non-hydrogen) atoms. The number of pyridine rings is 1. The van der Waals surface area contributed by atoms with E-state index >= 15 is 0 Å². The lowest BCUT2D eigenvalue weighted by Gasteiger charge is -2.33. The molecule has 7 heteroatoms. The molecule has 1 atom stereocenters. The van der Waals surface area contributed by atoms with Crippen molar-refractivity contribution in [2.75, 3.05) is 26.3 Å². The van der Waals surface area contributed by atoms with E-state index in [1.165, 1.54) is 5.56 Å². The summed E-state index contributed by atoms with van der Waals surface area (Å²) in [6, 6.07) is 14.0. The van der Waals surface area contributed by atoms with Crippen LogP contribution >= 0.6 is 0 Å². The Morgan fingerprint density at radius 2 is 1.97 bits per heavy atom. The van der Waals surface area contributed by atoms with E-state index in [4.69, 9.17) is 4.74 Å². The third-order valence-electron chi connectivity index (χ3n) is 6.07. The number of rotatable bonds is 7. The molecule has 7 nitrogen and oxygen atoms in total. The van der Waals surface area contributed by atoms with Gasteiger partial charge in [-0.05, 0) is 43.9 Å². The first-order valence-electron chi connectivity index (χ1n) is 11.5. The molecule has 174 valence electrons. The molecule has 0 bridgehead atoms. The zero-order valence-corrected chi connectivity index (χ0v) is 19.4. The summed E-state index contributed by atoms with van der Waals surface area (Å²) in [6.45, 7) is 5.80. The number of carbonyl (C=O) groups excluding carboxylic acids is 2. The normalized spacial score (nSPS) is 17.0. The first kappa shape index (κ1) is 23.0. The minimum atomic E-state index is -0.974. The Morgan fingerprint density at radius 3 is 2.79 bits per heavy atom. The lowest BCUT2D eigenvalue weighted by Crippen LogP contribution is -2.57. The molecule has 3 heterocycles. The van der Waals surface area contributed by atoms with Crippen molar-refractivity contribution >= 4 is 17.5 Å². The van der Waals surface area contributed by atoms with E-state index in [2.05, 4.69) is 22.6 Å². The van der Waals surface area contributed by atoms with Crippen molar-refractivity contribution < 1.29 is 14.3 Å². The molecule has 1 fully saturated rings. The van der Waals surface area contributed by atoms with Crippen LogP contribution in [0.3, 0.4) is 0 Å². The molecule has 1 aliphatic heterocycles. The Labute approximate surface area is 194 Å². The van der Waals surface area contributed by atoms with Crippen LogP contribution in [0.2, 0.25) is 0 Å². The van der Waals surface area contributed by atoms with Crippen LogP contribution in [0.4, 0.5) is 0 Å². The number of hydrogen-bond acceptors (Lipinski definition) is 4. The van der Waals surface area contributed by atoms with Crippen LogP contribution in [0.15, 0.2) is 61.1 Å². The number of nitrogens with zero attached hydrogens (tertiary/aromatic N) is 3. The van der Waals surface area contributed by atoms with Crippen molar-refractivity contribution in [2.45, 2.75) is 38.6 Å². The van der Waals surface area contributed by atoms with E-state index in [9.17, 15) is 9.59 Å². The minimum absolute atomic E-state index is 0.0730. The molecule has 0 aliphatic carbocycles. The van der Waals surface area contributed by atoms with Gasteiger partial charge in [-0.1, -0.05) is 36.4 Å². The fraction of sp³-hybridized carbons (Fsp3) is 0.423. The van der Waals surface area contributed by atoms with Crippen LogP contribution in [0.25, 0.3) is 5.65 Å². The third-order valence-corrected chi connectivity index (χ3v) is 6.07. The first-order chi connectivity index (χ1) is 15.9. The minimum Gasteiger partial charge on any atom is -0.379 e. The van der Waals surface area contributed by atoms with Gasteiger partial charge >= 0.3 is 0 Å². The van der Waals surface area contributed by atoms with Crippen LogP contribution in [0, 0.1) is 5.92 Å². The SMILES string of the molecule is CC(C)(NC(=O)CCc1ccccc1)C(=O)N1CCOCC(Cc2ccc3nccn3c2)C1. The lowest BCUT2D eigenvalue weighted by atomic mass is 9.98. The molecule has 2 aromatic heterocycles. The second kappa shape index (κ2) is 10.2. The summed E-state index contributed by atoms with van der Waals surface area (Å²) in [4.78, 5) is 32.1. The molecular weight excluding hydrogens is 416 g/mol.